The van der Waals surface area contributed by atoms with Crippen LogP contribution in [0.1, 0.15) is 22.2 Å². The number of amides is 1. The average Bonchev–Trinajstić information content (AvgIpc) is 2.81. The van der Waals surface area contributed by atoms with Crippen LogP contribution in [0.3, 0.4) is 0 Å². The van der Waals surface area contributed by atoms with E-state index in [-0.39, 0.29) is 11.7 Å². The second kappa shape index (κ2) is 5.84. The summed E-state index contributed by atoms with van der Waals surface area (Å²) in [6.07, 6.45) is 0. The van der Waals surface area contributed by atoms with Gasteiger partial charge in [-0.2, -0.15) is 0 Å². The molecule has 2 rings (SSSR count). The van der Waals surface area contributed by atoms with Crippen molar-refractivity contribution < 1.29 is 9.18 Å². The fourth-order valence-corrected chi connectivity index (χ4v) is 2.60. The minimum Gasteiger partial charge on any atom is -0.397 e. The van der Waals surface area contributed by atoms with Gasteiger partial charge in [0.05, 0.1) is 5.69 Å². The van der Waals surface area contributed by atoms with E-state index in [1.54, 1.807) is 28.5 Å². The molecule has 0 aliphatic heterocycles. The Bertz CT molecular complexity index is 582. The minimum atomic E-state index is -0.295. The van der Waals surface area contributed by atoms with Gasteiger partial charge in [0, 0.05) is 13.1 Å². The van der Waals surface area contributed by atoms with Crippen molar-refractivity contribution in [1.82, 2.24) is 4.90 Å². The summed E-state index contributed by atoms with van der Waals surface area (Å²) in [5.74, 6) is -0.407. The Morgan fingerprint density at radius 1 is 1.42 bits per heavy atom. The molecule has 100 valence electrons. The molecular formula is C14H15FN2OS. The summed E-state index contributed by atoms with van der Waals surface area (Å²) in [5.41, 5.74) is 7.02. The summed E-state index contributed by atoms with van der Waals surface area (Å²) < 4.78 is 13.1. The molecule has 0 aliphatic carbocycles. The second-order valence-corrected chi connectivity index (χ2v) is 5.07. The first-order valence-corrected chi connectivity index (χ1v) is 6.86. The van der Waals surface area contributed by atoms with E-state index in [0.717, 1.165) is 5.56 Å². The number of nitrogens with two attached hydrogens (primary N) is 1. The lowest BCUT2D eigenvalue weighted by Crippen LogP contribution is -2.30. The van der Waals surface area contributed by atoms with Gasteiger partial charge >= 0.3 is 0 Å². The fourth-order valence-electron chi connectivity index (χ4n) is 1.82. The maximum absolute atomic E-state index is 13.1. The van der Waals surface area contributed by atoms with Gasteiger partial charge in [0.2, 0.25) is 0 Å². The molecule has 0 atom stereocenters. The maximum Gasteiger partial charge on any atom is 0.266 e. The van der Waals surface area contributed by atoms with Crippen LogP contribution in [0.15, 0.2) is 35.7 Å². The molecule has 0 saturated heterocycles. The molecule has 1 amide bonds. The van der Waals surface area contributed by atoms with Gasteiger partial charge in [-0.25, -0.2) is 4.39 Å². The first-order chi connectivity index (χ1) is 9.11. The van der Waals surface area contributed by atoms with Crippen molar-refractivity contribution in [2.45, 2.75) is 13.5 Å². The third kappa shape index (κ3) is 3.12. The standard InChI is InChI=1S/C14H15FN2OS/c1-2-17(9-10-4-3-5-11(15)8-10)14(18)13-12(16)6-7-19-13/h3-8H,2,9,16H2,1H3. The highest BCUT2D eigenvalue weighted by Crippen LogP contribution is 2.21. The summed E-state index contributed by atoms with van der Waals surface area (Å²) in [5, 5.41) is 1.79. The molecule has 0 unspecified atom stereocenters. The molecule has 5 heteroatoms. The molecule has 0 radical (unpaired) electrons. The normalized spacial score (nSPS) is 10.4. The number of rotatable bonds is 4. The zero-order chi connectivity index (χ0) is 13.8. The number of benzene rings is 1. The Balaban J connectivity index is 2.17. The summed E-state index contributed by atoms with van der Waals surface area (Å²) in [7, 11) is 0. The van der Waals surface area contributed by atoms with E-state index in [1.165, 1.54) is 23.5 Å². The fraction of sp³-hybridized carbons (Fsp3) is 0.214. The van der Waals surface area contributed by atoms with E-state index in [2.05, 4.69) is 0 Å². The van der Waals surface area contributed by atoms with Gasteiger partial charge in [0.25, 0.3) is 5.91 Å². The number of hydrogen-bond acceptors (Lipinski definition) is 3. The van der Waals surface area contributed by atoms with Crippen LogP contribution in [0, 0.1) is 5.82 Å². The van der Waals surface area contributed by atoms with Gasteiger partial charge in [0.15, 0.2) is 0 Å². The predicted octanol–water partition coefficient (Wildman–Crippen LogP) is 3.13. The Kier molecular flexibility index (Phi) is 4.16. The summed E-state index contributed by atoms with van der Waals surface area (Å²) >= 11 is 1.32. The number of thiophene rings is 1. The Morgan fingerprint density at radius 3 is 2.79 bits per heavy atom. The predicted molar refractivity (Wildman–Crippen MR) is 75.5 cm³/mol. The number of carbonyl (C=O) groups is 1. The molecule has 0 bridgehead atoms. The molecule has 0 aliphatic rings. The third-order valence-corrected chi connectivity index (χ3v) is 3.74. The van der Waals surface area contributed by atoms with Gasteiger partial charge in [0.1, 0.15) is 10.7 Å². The van der Waals surface area contributed by atoms with Crippen molar-refractivity contribution in [2.75, 3.05) is 12.3 Å². The lowest BCUT2D eigenvalue weighted by Gasteiger charge is -2.20. The van der Waals surface area contributed by atoms with Crippen molar-refractivity contribution in [3.8, 4) is 0 Å². The van der Waals surface area contributed by atoms with Gasteiger partial charge in [-0.05, 0) is 36.1 Å². The first-order valence-electron chi connectivity index (χ1n) is 5.98. The monoisotopic (exact) mass is 278 g/mol. The first kappa shape index (κ1) is 13.5. The second-order valence-electron chi connectivity index (χ2n) is 4.15. The van der Waals surface area contributed by atoms with Crippen molar-refractivity contribution in [3.63, 3.8) is 0 Å². The van der Waals surface area contributed by atoms with Crippen LogP contribution in [0.25, 0.3) is 0 Å². The number of carbonyl (C=O) groups excluding carboxylic acids is 1. The number of nitrogen functional groups attached to an aromatic ring is 1. The molecule has 2 aromatic rings. The SMILES string of the molecule is CCN(Cc1cccc(F)c1)C(=O)c1sccc1N. The minimum absolute atomic E-state index is 0.112. The highest BCUT2D eigenvalue weighted by Gasteiger charge is 2.18. The Morgan fingerprint density at radius 2 is 2.21 bits per heavy atom. The van der Waals surface area contributed by atoms with E-state index in [1.807, 2.05) is 6.92 Å². The largest absolute Gasteiger partial charge is 0.397 e. The maximum atomic E-state index is 13.1. The Hall–Kier alpha value is -1.88. The van der Waals surface area contributed by atoms with Crippen LogP contribution < -0.4 is 5.73 Å². The summed E-state index contributed by atoms with van der Waals surface area (Å²) in [4.78, 5) is 14.5. The molecule has 1 aromatic heterocycles. The van der Waals surface area contributed by atoms with E-state index in [0.29, 0.717) is 23.7 Å². The molecule has 3 nitrogen and oxygen atoms in total. The van der Waals surface area contributed by atoms with Gasteiger partial charge < -0.3 is 10.6 Å². The summed E-state index contributed by atoms with van der Waals surface area (Å²) in [6, 6.07) is 7.99. The zero-order valence-corrected chi connectivity index (χ0v) is 11.4. The molecule has 1 aromatic carbocycles. The number of anilines is 1. The zero-order valence-electron chi connectivity index (χ0n) is 10.6. The van der Waals surface area contributed by atoms with Crippen LogP contribution in [0.2, 0.25) is 0 Å². The molecule has 0 spiro atoms. The van der Waals surface area contributed by atoms with Crippen LogP contribution >= 0.6 is 11.3 Å². The van der Waals surface area contributed by atoms with Gasteiger partial charge in [-0.1, -0.05) is 12.1 Å². The van der Waals surface area contributed by atoms with E-state index in [4.69, 9.17) is 5.73 Å². The van der Waals surface area contributed by atoms with Crippen LogP contribution in [0.4, 0.5) is 10.1 Å². The Labute approximate surface area is 115 Å². The lowest BCUT2D eigenvalue weighted by atomic mass is 10.2. The molecule has 0 saturated carbocycles. The van der Waals surface area contributed by atoms with Crippen molar-refractivity contribution in [3.05, 3.63) is 52.0 Å². The van der Waals surface area contributed by atoms with Crippen molar-refractivity contribution >= 4 is 22.9 Å². The number of hydrogen-bond donors (Lipinski definition) is 1. The average molecular weight is 278 g/mol. The van der Waals surface area contributed by atoms with Crippen LogP contribution in [0.5, 0.6) is 0 Å². The number of halogens is 1. The van der Waals surface area contributed by atoms with E-state index in [9.17, 15) is 9.18 Å². The van der Waals surface area contributed by atoms with E-state index >= 15 is 0 Å². The van der Waals surface area contributed by atoms with Gasteiger partial charge in [-0.3, -0.25) is 4.79 Å². The lowest BCUT2D eigenvalue weighted by molar-refractivity contribution is 0.0758. The third-order valence-electron chi connectivity index (χ3n) is 2.82. The highest BCUT2D eigenvalue weighted by molar-refractivity contribution is 7.12. The summed E-state index contributed by atoms with van der Waals surface area (Å²) in [6.45, 7) is 2.82. The van der Waals surface area contributed by atoms with Crippen LogP contribution in [-0.4, -0.2) is 17.4 Å². The smallest absolute Gasteiger partial charge is 0.266 e. The topological polar surface area (TPSA) is 46.3 Å². The molecular weight excluding hydrogens is 263 g/mol. The van der Waals surface area contributed by atoms with Crippen molar-refractivity contribution in [1.29, 1.82) is 0 Å². The van der Waals surface area contributed by atoms with Crippen molar-refractivity contribution in [2.24, 2.45) is 0 Å². The molecule has 2 N–H and O–H groups in total. The molecule has 19 heavy (non-hydrogen) atoms. The molecule has 0 fully saturated rings. The quantitative estimate of drug-likeness (QED) is 0.934. The highest BCUT2D eigenvalue weighted by atomic mass is 32.1. The van der Waals surface area contributed by atoms with E-state index < -0.39 is 0 Å². The van der Waals surface area contributed by atoms with Crippen LogP contribution in [-0.2, 0) is 6.54 Å². The number of nitrogens with zero attached hydrogens (tertiary/aromatic N) is 1. The van der Waals surface area contributed by atoms with Gasteiger partial charge in [-0.15, -0.1) is 11.3 Å². The molecule has 1 heterocycles.